The molecule has 8 heteroatoms. The smallest absolute Gasteiger partial charge is 0.315 e. The van der Waals surface area contributed by atoms with E-state index in [9.17, 15) is 24.9 Å². The van der Waals surface area contributed by atoms with Crippen LogP contribution in [-0.4, -0.2) is 62.6 Å². The topological polar surface area (TPSA) is 131 Å². The molecule has 1 aliphatic heterocycles. The maximum Gasteiger partial charge on any atom is 0.315 e. The molecule has 0 aromatic heterocycles. The lowest BCUT2D eigenvalue weighted by Crippen LogP contribution is -2.67. The standard InChI is InChI=1S/C17H23N3O5/c1-9(22)10-5-4-6-11(7-10)18-13-12-15(2,20-14(23)19-12)16(3,24)17(13,25)8-21/h4-7,12-13,18,21,24-25H,8H2,1-3H3,(H2,19,20,23). The predicted molar refractivity (Wildman–Crippen MR) is 90.4 cm³/mol. The quantitative estimate of drug-likeness (QED) is 0.410. The molecule has 5 atom stereocenters. The predicted octanol–water partition coefficient (Wildman–Crippen LogP) is -0.402. The number of fused-ring (bicyclic) bond motifs is 1. The summed E-state index contributed by atoms with van der Waals surface area (Å²) in [7, 11) is 0. The Morgan fingerprint density at radius 2 is 2.00 bits per heavy atom. The Hall–Kier alpha value is -2.16. The van der Waals surface area contributed by atoms with Crippen molar-refractivity contribution in [1.82, 2.24) is 10.6 Å². The van der Waals surface area contributed by atoms with Crippen molar-refractivity contribution in [3.63, 3.8) is 0 Å². The monoisotopic (exact) mass is 349 g/mol. The van der Waals surface area contributed by atoms with Crippen molar-refractivity contribution in [3.8, 4) is 0 Å². The number of nitrogens with one attached hydrogen (secondary N) is 3. The van der Waals surface area contributed by atoms with E-state index >= 15 is 0 Å². The minimum absolute atomic E-state index is 0.111. The number of carbonyl (C=O) groups is 2. The first-order valence-corrected chi connectivity index (χ1v) is 8.08. The Bertz CT molecular complexity index is 737. The van der Waals surface area contributed by atoms with Crippen LogP contribution in [0, 0.1) is 0 Å². The van der Waals surface area contributed by atoms with Crippen LogP contribution in [0.15, 0.2) is 24.3 Å². The molecular weight excluding hydrogens is 326 g/mol. The molecule has 1 saturated carbocycles. The Kier molecular flexibility index (Phi) is 3.83. The van der Waals surface area contributed by atoms with E-state index in [1.54, 1.807) is 31.2 Å². The van der Waals surface area contributed by atoms with Crippen molar-refractivity contribution in [1.29, 1.82) is 0 Å². The number of anilines is 1. The van der Waals surface area contributed by atoms with Crippen LogP contribution in [0.3, 0.4) is 0 Å². The normalized spacial score (nSPS) is 39.5. The zero-order chi connectivity index (χ0) is 18.6. The zero-order valence-electron chi connectivity index (χ0n) is 14.3. The molecule has 1 saturated heterocycles. The Morgan fingerprint density at radius 1 is 1.32 bits per heavy atom. The van der Waals surface area contributed by atoms with Crippen LogP contribution in [-0.2, 0) is 0 Å². The van der Waals surface area contributed by atoms with Crippen LogP contribution in [0.2, 0.25) is 0 Å². The van der Waals surface area contributed by atoms with Crippen molar-refractivity contribution in [2.24, 2.45) is 0 Å². The molecule has 1 aliphatic carbocycles. The second kappa shape index (κ2) is 5.42. The molecule has 5 unspecified atom stereocenters. The number of amides is 2. The highest BCUT2D eigenvalue weighted by atomic mass is 16.4. The first-order valence-electron chi connectivity index (χ1n) is 8.08. The van der Waals surface area contributed by atoms with Crippen LogP contribution in [0.25, 0.3) is 0 Å². The average molecular weight is 349 g/mol. The lowest BCUT2D eigenvalue weighted by Gasteiger charge is -2.43. The number of hydrogen-bond acceptors (Lipinski definition) is 6. The van der Waals surface area contributed by atoms with E-state index in [1.165, 1.54) is 13.8 Å². The fourth-order valence-electron chi connectivity index (χ4n) is 3.97. The number of aliphatic hydroxyl groups is 3. The van der Waals surface area contributed by atoms with E-state index < -0.39 is 41.5 Å². The molecule has 1 aromatic carbocycles. The summed E-state index contributed by atoms with van der Waals surface area (Å²) in [6.07, 6.45) is 0. The van der Waals surface area contributed by atoms with Crippen molar-refractivity contribution in [3.05, 3.63) is 29.8 Å². The lowest BCUT2D eigenvalue weighted by molar-refractivity contribution is -0.167. The van der Waals surface area contributed by atoms with Gasteiger partial charge in [-0.25, -0.2) is 4.79 Å². The molecule has 25 heavy (non-hydrogen) atoms. The van der Waals surface area contributed by atoms with Crippen molar-refractivity contribution in [2.75, 3.05) is 11.9 Å². The molecule has 8 nitrogen and oxygen atoms in total. The summed E-state index contributed by atoms with van der Waals surface area (Å²) in [4.78, 5) is 23.4. The number of aliphatic hydroxyl groups excluding tert-OH is 1. The van der Waals surface area contributed by atoms with Crippen molar-refractivity contribution in [2.45, 2.75) is 49.6 Å². The zero-order valence-corrected chi connectivity index (χ0v) is 14.3. The third kappa shape index (κ3) is 2.25. The van der Waals surface area contributed by atoms with E-state index in [-0.39, 0.29) is 5.78 Å². The highest BCUT2D eigenvalue weighted by Crippen LogP contribution is 2.49. The Labute approximate surface area is 145 Å². The van der Waals surface area contributed by atoms with E-state index in [1.807, 2.05) is 0 Å². The molecule has 2 fully saturated rings. The van der Waals surface area contributed by atoms with Gasteiger partial charge in [-0.1, -0.05) is 12.1 Å². The van der Waals surface area contributed by atoms with Gasteiger partial charge in [-0.2, -0.15) is 0 Å². The van der Waals surface area contributed by atoms with Gasteiger partial charge in [0.15, 0.2) is 5.78 Å². The molecule has 2 amide bonds. The summed E-state index contributed by atoms with van der Waals surface area (Å²) in [5.41, 5.74) is -3.92. The number of benzene rings is 1. The number of hydrogen-bond donors (Lipinski definition) is 6. The van der Waals surface area contributed by atoms with Gasteiger partial charge in [-0.05, 0) is 32.9 Å². The van der Waals surface area contributed by atoms with Gasteiger partial charge in [-0.3, -0.25) is 4.79 Å². The maximum atomic E-state index is 11.8. The Balaban J connectivity index is 2.03. The molecule has 0 radical (unpaired) electrons. The van der Waals surface area contributed by atoms with Crippen LogP contribution in [0.1, 0.15) is 31.1 Å². The molecular formula is C17H23N3O5. The van der Waals surface area contributed by atoms with Crippen LogP contribution in [0.4, 0.5) is 10.5 Å². The van der Waals surface area contributed by atoms with Gasteiger partial charge in [0.2, 0.25) is 0 Å². The van der Waals surface area contributed by atoms with Crippen molar-refractivity contribution < 1.29 is 24.9 Å². The molecule has 0 spiro atoms. The highest BCUT2D eigenvalue weighted by Gasteiger charge is 2.75. The molecule has 1 heterocycles. The first kappa shape index (κ1) is 17.7. The van der Waals surface area contributed by atoms with Crippen LogP contribution >= 0.6 is 0 Å². The molecule has 6 N–H and O–H groups in total. The average Bonchev–Trinajstić information content (AvgIpc) is 2.92. The van der Waals surface area contributed by atoms with Gasteiger partial charge in [-0.15, -0.1) is 0 Å². The fourth-order valence-corrected chi connectivity index (χ4v) is 3.97. The molecule has 2 aliphatic rings. The van der Waals surface area contributed by atoms with Gasteiger partial charge in [0.05, 0.1) is 24.2 Å². The maximum absolute atomic E-state index is 11.8. The Morgan fingerprint density at radius 3 is 2.60 bits per heavy atom. The van der Waals surface area contributed by atoms with Gasteiger partial charge < -0.3 is 31.3 Å². The van der Waals surface area contributed by atoms with Crippen molar-refractivity contribution >= 4 is 17.5 Å². The third-order valence-electron chi connectivity index (χ3n) is 5.82. The van der Waals surface area contributed by atoms with E-state index in [2.05, 4.69) is 16.0 Å². The number of Topliss-reactive ketones (excluding diaryl/α,β-unsaturated/α-hetero) is 1. The second-order valence-corrected chi connectivity index (χ2v) is 7.19. The number of urea groups is 1. The third-order valence-corrected chi connectivity index (χ3v) is 5.82. The number of ketones is 1. The molecule has 3 rings (SSSR count). The fraction of sp³-hybridized carbons (Fsp3) is 0.529. The van der Waals surface area contributed by atoms with Gasteiger partial charge in [0.1, 0.15) is 11.2 Å². The van der Waals surface area contributed by atoms with Gasteiger partial charge in [0, 0.05) is 11.3 Å². The van der Waals surface area contributed by atoms with E-state index in [0.717, 1.165) is 0 Å². The summed E-state index contributed by atoms with van der Waals surface area (Å²) >= 11 is 0. The highest BCUT2D eigenvalue weighted by molar-refractivity contribution is 5.95. The van der Waals surface area contributed by atoms with Gasteiger partial charge in [0.25, 0.3) is 0 Å². The first-order chi connectivity index (χ1) is 11.6. The minimum Gasteiger partial charge on any atom is -0.393 e. The SMILES string of the molecule is CC(=O)c1cccc(NC2C3NC(=O)NC3(C)C(C)(O)C2(O)CO)c1. The summed E-state index contributed by atoms with van der Waals surface area (Å²) < 4.78 is 0. The largest absolute Gasteiger partial charge is 0.393 e. The number of rotatable bonds is 4. The lowest BCUT2D eigenvalue weighted by atomic mass is 9.78. The minimum atomic E-state index is -1.93. The molecule has 0 bridgehead atoms. The van der Waals surface area contributed by atoms with Crippen LogP contribution < -0.4 is 16.0 Å². The second-order valence-electron chi connectivity index (χ2n) is 7.19. The molecule has 1 aromatic rings. The summed E-state index contributed by atoms with van der Waals surface area (Å²) in [5, 5.41) is 40.3. The molecule has 136 valence electrons. The van der Waals surface area contributed by atoms with Gasteiger partial charge >= 0.3 is 6.03 Å². The summed E-state index contributed by atoms with van der Waals surface area (Å²) in [6, 6.07) is 4.64. The summed E-state index contributed by atoms with van der Waals surface area (Å²) in [6.45, 7) is 3.73. The summed E-state index contributed by atoms with van der Waals surface area (Å²) in [5.74, 6) is -0.111. The van der Waals surface area contributed by atoms with E-state index in [0.29, 0.717) is 11.3 Å². The number of carbonyl (C=O) groups excluding carboxylic acids is 2. The van der Waals surface area contributed by atoms with E-state index in [4.69, 9.17) is 0 Å². The van der Waals surface area contributed by atoms with Crippen LogP contribution in [0.5, 0.6) is 0 Å².